The number of benzene rings is 2. The fourth-order valence-electron chi connectivity index (χ4n) is 2.19. The van der Waals surface area contributed by atoms with Crippen LogP contribution in [0.15, 0.2) is 47.4 Å². The lowest BCUT2D eigenvalue weighted by Crippen LogP contribution is -2.13. The number of fused-ring (bicyclic) bond motifs is 1. The lowest BCUT2D eigenvalue weighted by molar-refractivity contribution is -0.113. The first kappa shape index (κ1) is 17.6. The summed E-state index contributed by atoms with van der Waals surface area (Å²) in [4.78, 5) is 17.6. The van der Waals surface area contributed by atoms with Gasteiger partial charge in [0.15, 0.2) is 5.13 Å². The summed E-state index contributed by atoms with van der Waals surface area (Å²) in [5.41, 5.74) is 0.847. The van der Waals surface area contributed by atoms with Crippen molar-refractivity contribution in [2.75, 3.05) is 24.8 Å². The van der Waals surface area contributed by atoms with Crippen LogP contribution in [0.4, 0.5) is 5.13 Å². The zero-order valence-electron chi connectivity index (χ0n) is 13.9. The summed E-state index contributed by atoms with van der Waals surface area (Å²) in [6.45, 7) is 2.59. The minimum Gasteiger partial charge on any atom is -0.497 e. The van der Waals surface area contributed by atoms with Gasteiger partial charge in [-0.2, -0.15) is 0 Å². The minimum absolute atomic E-state index is 0.0788. The van der Waals surface area contributed by atoms with E-state index in [-0.39, 0.29) is 5.91 Å². The Kier molecular flexibility index (Phi) is 5.78. The molecule has 0 spiro atoms. The van der Waals surface area contributed by atoms with E-state index in [2.05, 4.69) is 10.3 Å². The summed E-state index contributed by atoms with van der Waals surface area (Å²) in [6, 6.07) is 13.4. The molecule has 7 heteroatoms. The van der Waals surface area contributed by atoms with E-state index in [1.165, 1.54) is 23.1 Å². The van der Waals surface area contributed by atoms with E-state index in [1.807, 2.05) is 49.4 Å². The average Bonchev–Trinajstić information content (AvgIpc) is 3.02. The summed E-state index contributed by atoms with van der Waals surface area (Å²) >= 11 is 2.91. The molecule has 0 unspecified atom stereocenters. The second-order valence-electron chi connectivity index (χ2n) is 5.09. The molecular formula is C18H18N2O3S2. The van der Waals surface area contributed by atoms with Gasteiger partial charge < -0.3 is 14.8 Å². The lowest BCUT2D eigenvalue weighted by Gasteiger charge is -2.05. The third-order valence-electron chi connectivity index (χ3n) is 3.35. The smallest absolute Gasteiger partial charge is 0.236 e. The first-order chi connectivity index (χ1) is 12.2. The number of hydrogen-bond donors (Lipinski definition) is 1. The maximum Gasteiger partial charge on any atom is 0.236 e. The minimum atomic E-state index is -0.0788. The molecule has 0 atom stereocenters. The largest absolute Gasteiger partial charge is 0.497 e. The Balaban J connectivity index is 1.57. The number of anilines is 1. The Morgan fingerprint density at radius 2 is 1.96 bits per heavy atom. The molecule has 0 aliphatic heterocycles. The van der Waals surface area contributed by atoms with Crippen LogP contribution in [0.2, 0.25) is 0 Å². The van der Waals surface area contributed by atoms with Crippen molar-refractivity contribution in [3.63, 3.8) is 0 Å². The Labute approximate surface area is 154 Å². The highest BCUT2D eigenvalue weighted by Crippen LogP contribution is 2.29. The van der Waals surface area contributed by atoms with Crippen molar-refractivity contribution in [2.24, 2.45) is 0 Å². The summed E-state index contributed by atoms with van der Waals surface area (Å²) in [5.74, 6) is 1.86. The van der Waals surface area contributed by atoms with Crippen LogP contribution >= 0.6 is 23.1 Å². The van der Waals surface area contributed by atoms with Gasteiger partial charge in [-0.05, 0) is 49.4 Å². The quantitative estimate of drug-likeness (QED) is 0.620. The van der Waals surface area contributed by atoms with Gasteiger partial charge in [0.1, 0.15) is 11.5 Å². The normalized spacial score (nSPS) is 10.6. The fraction of sp³-hybridized carbons (Fsp3) is 0.222. The Bertz CT molecular complexity index is 862. The number of carbonyl (C=O) groups is 1. The van der Waals surface area contributed by atoms with Crippen molar-refractivity contribution in [1.29, 1.82) is 0 Å². The van der Waals surface area contributed by atoms with E-state index in [0.29, 0.717) is 17.5 Å². The Hall–Kier alpha value is -2.25. The van der Waals surface area contributed by atoms with Crippen LogP contribution < -0.4 is 14.8 Å². The molecule has 1 aromatic heterocycles. The molecule has 0 aliphatic rings. The predicted molar refractivity (Wildman–Crippen MR) is 103 cm³/mol. The molecule has 3 aromatic rings. The number of hydrogen-bond acceptors (Lipinski definition) is 6. The highest BCUT2D eigenvalue weighted by Gasteiger charge is 2.09. The van der Waals surface area contributed by atoms with Crippen LogP contribution in [0, 0.1) is 0 Å². The van der Waals surface area contributed by atoms with Gasteiger partial charge in [-0.25, -0.2) is 4.98 Å². The molecule has 1 amide bonds. The van der Waals surface area contributed by atoms with Gasteiger partial charge >= 0.3 is 0 Å². The van der Waals surface area contributed by atoms with E-state index < -0.39 is 0 Å². The number of rotatable bonds is 7. The van der Waals surface area contributed by atoms with Crippen LogP contribution in [0.25, 0.3) is 10.2 Å². The SMILES string of the molecule is CCOc1ccc(SCC(=O)Nc2nc3ccc(OC)cc3s2)cc1. The van der Waals surface area contributed by atoms with Crippen molar-refractivity contribution >= 4 is 44.4 Å². The highest BCUT2D eigenvalue weighted by molar-refractivity contribution is 8.00. The molecule has 0 aliphatic carbocycles. The van der Waals surface area contributed by atoms with Crippen molar-refractivity contribution in [1.82, 2.24) is 4.98 Å². The van der Waals surface area contributed by atoms with Crippen molar-refractivity contribution in [2.45, 2.75) is 11.8 Å². The number of thioether (sulfide) groups is 1. The standard InChI is InChI=1S/C18H18N2O3S2/c1-3-23-12-4-7-14(8-5-12)24-11-17(21)20-18-19-15-9-6-13(22-2)10-16(15)25-18/h4-10H,3,11H2,1-2H3,(H,19,20,21). The molecule has 0 fully saturated rings. The van der Waals surface area contributed by atoms with Gasteiger partial charge in [0.2, 0.25) is 5.91 Å². The summed E-state index contributed by atoms with van der Waals surface area (Å²) in [7, 11) is 1.63. The van der Waals surface area contributed by atoms with E-state index in [0.717, 1.165) is 26.6 Å². The van der Waals surface area contributed by atoms with Crippen LogP contribution in [-0.4, -0.2) is 30.4 Å². The summed E-state index contributed by atoms with van der Waals surface area (Å²) < 4.78 is 11.6. The van der Waals surface area contributed by atoms with Crippen molar-refractivity contribution in [3.8, 4) is 11.5 Å². The molecule has 130 valence electrons. The Morgan fingerprint density at radius 3 is 2.68 bits per heavy atom. The predicted octanol–water partition coefficient (Wildman–Crippen LogP) is 4.43. The first-order valence-corrected chi connectivity index (χ1v) is 9.58. The lowest BCUT2D eigenvalue weighted by atomic mass is 10.3. The zero-order valence-corrected chi connectivity index (χ0v) is 15.6. The van der Waals surface area contributed by atoms with Crippen LogP contribution in [0.3, 0.4) is 0 Å². The number of nitrogens with zero attached hydrogens (tertiary/aromatic N) is 1. The molecular weight excluding hydrogens is 356 g/mol. The topological polar surface area (TPSA) is 60.5 Å². The van der Waals surface area contributed by atoms with E-state index in [1.54, 1.807) is 7.11 Å². The molecule has 1 N–H and O–H groups in total. The number of nitrogens with one attached hydrogen (secondary N) is 1. The number of amides is 1. The molecule has 25 heavy (non-hydrogen) atoms. The van der Waals surface area contributed by atoms with E-state index in [9.17, 15) is 4.79 Å². The van der Waals surface area contributed by atoms with Crippen LogP contribution in [0.5, 0.6) is 11.5 Å². The monoisotopic (exact) mass is 374 g/mol. The van der Waals surface area contributed by atoms with Crippen LogP contribution in [-0.2, 0) is 4.79 Å². The van der Waals surface area contributed by atoms with Crippen molar-refractivity contribution < 1.29 is 14.3 Å². The Morgan fingerprint density at radius 1 is 1.20 bits per heavy atom. The van der Waals surface area contributed by atoms with Gasteiger partial charge in [0.25, 0.3) is 0 Å². The van der Waals surface area contributed by atoms with Gasteiger partial charge in [-0.1, -0.05) is 11.3 Å². The van der Waals surface area contributed by atoms with Gasteiger partial charge in [-0.3, -0.25) is 4.79 Å². The maximum absolute atomic E-state index is 12.1. The third-order valence-corrected chi connectivity index (χ3v) is 5.29. The molecule has 3 rings (SSSR count). The fourth-order valence-corrected chi connectivity index (χ4v) is 3.80. The highest BCUT2D eigenvalue weighted by atomic mass is 32.2. The van der Waals surface area contributed by atoms with Gasteiger partial charge in [0.05, 0.1) is 29.7 Å². The summed E-state index contributed by atoms with van der Waals surface area (Å²) in [6.07, 6.45) is 0. The third kappa shape index (κ3) is 4.64. The molecule has 5 nitrogen and oxygen atoms in total. The van der Waals surface area contributed by atoms with Gasteiger partial charge in [0, 0.05) is 4.90 Å². The second-order valence-corrected chi connectivity index (χ2v) is 7.17. The molecule has 0 radical (unpaired) electrons. The van der Waals surface area contributed by atoms with Crippen molar-refractivity contribution in [3.05, 3.63) is 42.5 Å². The summed E-state index contributed by atoms with van der Waals surface area (Å²) in [5, 5.41) is 3.45. The van der Waals surface area contributed by atoms with E-state index in [4.69, 9.17) is 9.47 Å². The average molecular weight is 374 g/mol. The molecule has 2 aromatic carbocycles. The second kappa shape index (κ2) is 8.22. The van der Waals surface area contributed by atoms with E-state index >= 15 is 0 Å². The zero-order chi connectivity index (χ0) is 17.6. The molecule has 1 heterocycles. The maximum atomic E-state index is 12.1. The number of aromatic nitrogens is 1. The number of ether oxygens (including phenoxy) is 2. The van der Waals surface area contributed by atoms with Gasteiger partial charge in [-0.15, -0.1) is 11.8 Å². The van der Waals surface area contributed by atoms with Crippen LogP contribution in [0.1, 0.15) is 6.92 Å². The first-order valence-electron chi connectivity index (χ1n) is 7.78. The number of methoxy groups -OCH3 is 1. The molecule has 0 saturated heterocycles. The number of carbonyl (C=O) groups excluding carboxylic acids is 1. The molecule has 0 saturated carbocycles. The number of thiazole rings is 1. The molecule has 0 bridgehead atoms.